The van der Waals surface area contributed by atoms with Gasteiger partial charge in [-0.1, -0.05) is 13.0 Å². The van der Waals surface area contributed by atoms with Gasteiger partial charge in [0.1, 0.15) is 0 Å². The van der Waals surface area contributed by atoms with Crippen LogP contribution in [0.4, 0.5) is 10.5 Å². The first-order chi connectivity index (χ1) is 15.7. The number of amides is 1. The lowest BCUT2D eigenvalue weighted by Crippen LogP contribution is -2.39. The lowest BCUT2D eigenvalue weighted by atomic mass is 9.92. The van der Waals surface area contributed by atoms with Crippen molar-refractivity contribution in [2.45, 2.75) is 71.9 Å². The van der Waals surface area contributed by atoms with Crippen molar-refractivity contribution in [3.63, 3.8) is 0 Å². The average Bonchev–Trinajstić information content (AvgIpc) is 2.77. The number of sulfonamides is 1. The lowest BCUT2D eigenvalue weighted by Gasteiger charge is -2.33. The van der Waals surface area contributed by atoms with Crippen LogP contribution in [0.15, 0.2) is 18.2 Å². The largest absolute Gasteiger partial charge is 0.447 e. The number of piperidine rings is 1. The molecule has 0 aromatic heterocycles. The maximum Gasteiger partial charge on any atom is 0.410 e. The van der Waals surface area contributed by atoms with Crippen LogP contribution < -0.4 is 4.90 Å². The number of carbonyl (C=O) groups excluding carboxylic acids is 1. The van der Waals surface area contributed by atoms with Gasteiger partial charge in [0.05, 0.1) is 12.4 Å². The number of nitrogens with zero attached hydrogens (tertiary/aromatic N) is 3. The van der Waals surface area contributed by atoms with Crippen LogP contribution >= 0.6 is 0 Å². The number of carbonyl (C=O) groups is 1. The van der Waals surface area contributed by atoms with Gasteiger partial charge < -0.3 is 14.5 Å². The standard InChI is InChI=1S/C25H41N3O4S/c1-5-13-26(14-6-7-21-10-15-27(16-11-21)25(29)32-20(2)3)24-9-8-23-19-28(33(4,30)31)17-12-22(23)18-24/h8-9,18,20-21H,5-7,10-17,19H2,1-4H3. The average molecular weight is 480 g/mol. The molecule has 7 nitrogen and oxygen atoms in total. The van der Waals surface area contributed by atoms with Crippen LogP contribution in [0.3, 0.4) is 0 Å². The Bertz CT molecular complexity index is 895. The van der Waals surface area contributed by atoms with E-state index in [0.29, 0.717) is 19.0 Å². The van der Waals surface area contributed by atoms with Crippen LogP contribution in [0.5, 0.6) is 0 Å². The third-order valence-electron chi connectivity index (χ3n) is 6.74. The molecule has 0 spiro atoms. The summed E-state index contributed by atoms with van der Waals surface area (Å²) in [6.45, 7) is 10.7. The summed E-state index contributed by atoms with van der Waals surface area (Å²) in [4.78, 5) is 16.4. The molecule has 33 heavy (non-hydrogen) atoms. The number of benzene rings is 1. The molecule has 0 aliphatic carbocycles. The number of rotatable bonds is 9. The number of anilines is 1. The SMILES string of the molecule is CCCN(CCCC1CCN(C(=O)OC(C)C)CC1)c1ccc2c(c1)CCN(S(C)(=O)=O)C2. The van der Waals surface area contributed by atoms with E-state index in [2.05, 4.69) is 30.0 Å². The zero-order valence-electron chi connectivity index (χ0n) is 20.8. The Hall–Kier alpha value is -1.80. The van der Waals surface area contributed by atoms with Crippen LogP contribution in [-0.4, -0.2) is 68.8 Å². The van der Waals surface area contributed by atoms with Gasteiger partial charge in [-0.3, -0.25) is 0 Å². The number of fused-ring (bicyclic) bond motifs is 1. The van der Waals surface area contributed by atoms with Crippen molar-refractivity contribution in [1.29, 1.82) is 0 Å². The molecular weight excluding hydrogens is 438 g/mol. The Balaban J connectivity index is 1.50. The Morgan fingerprint density at radius 2 is 1.88 bits per heavy atom. The van der Waals surface area contributed by atoms with Crippen LogP contribution in [0, 0.1) is 5.92 Å². The molecule has 1 saturated heterocycles. The Labute approximate surface area is 200 Å². The van der Waals surface area contributed by atoms with Crippen molar-refractivity contribution in [1.82, 2.24) is 9.21 Å². The Kier molecular flexibility index (Phi) is 9.04. The van der Waals surface area contributed by atoms with Gasteiger partial charge in [-0.15, -0.1) is 0 Å². The van der Waals surface area contributed by atoms with Gasteiger partial charge in [0.25, 0.3) is 0 Å². The first kappa shape index (κ1) is 25.8. The maximum atomic E-state index is 12.1. The van der Waals surface area contributed by atoms with Crippen molar-refractivity contribution in [2.75, 3.05) is 43.9 Å². The van der Waals surface area contributed by atoms with Crippen molar-refractivity contribution >= 4 is 21.8 Å². The smallest absolute Gasteiger partial charge is 0.410 e. The Morgan fingerprint density at radius 1 is 1.15 bits per heavy atom. The van der Waals surface area contributed by atoms with E-state index in [1.165, 1.54) is 23.9 Å². The summed E-state index contributed by atoms with van der Waals surface area (Å²) >= 11 is 0. The first-order valence-electron chi connectivity index (χ1n) is 12.4. The normalized spacial score (nSPS) is 17.8. The molecule has 1 aromatic carbocycles. The summed E-state index contributed by atoms with van der Waals surface area (Å²) in [5, 5.41) is 0. The van der Waals surface area contributed by atoms with E-state index < -0.39 is 10.0 Å². The van der Waals surface area contributed by atoms with E-state index in [0.717, 1.165) is 63.8 Å². The molecule has 2 aliphatic heterocycles. The number of likely N-dealkylation sites (tertiary alicyclic amines) is 1. The summed E-state index contributed by atoms with van der Waals surface area (Å²) in [6, 6.07) is 6.53. The van der Waals surface area contributed by atoms with Crippen molar-refractivity contribution in [2.24, 2.45) is 5.92 Å². The van der Waals surface area contributed by atoms with E-state index in [4.69, 9.17) is 4.74 Å². The van der Waals surface area contributed by atoms with Crippen molar-refractivity contribution < 1.29 is 17.9 Å². The Morgan fingerprint density at radius 3 is 2.52 bits per heavy atom. The van der Waals surface area contributed by atoms with E-state index >= 15 is 0 Å². The van der Waals surface area contributed by atoms with E-state index in [1.54, 1.807) is 4.31 Å². The third-order valence-corrected chi connectivity index (χ3v) is 7.99. The van der Waals surface area contributed by atoms with Crippen LogP contribution in [-0.2, 0) is 27.7 Å². The van der Waals surface area contributed by atoms with Gasteiger partial charge in [-0.25, -0.2) is 13.2 Å². The topological polar surface area (TPSA) is 70.2 Å². The van der Waals surface area contributed by atoms with Crippen LogP contribution in [0.2, 0.25) is 0 Å². The highest BCUT2D eigenvalue weighted by Crippen LogP contribution is 2.27. The highest BCUT2D eigenvalue weighted by Gasteiger charge is 2.25. The quantitative estimate of drug-likeness (QED) is 0.529. The molecule has 0 bridgehead atoms. The monoisotopic (exact) mass is 479 g/mol. The van der Waals surface area contributed by atoms with Gasteiger partial charge in [-0.2, -0.15) is 4.31 Å². The molecule has 0 unspecified atom stereocenters. The molecule has 1 fully saturated rings. The predicted molar refractivity (Wildman–Crippen MR) is 133 cm³/mol. The molecular formula is C25H41N3O4S. The van der Waals surface area contributed by atoms with Crippen LogP contribution in [0.1, 0.15) is 64.0 Å². The molecule has 0 atom stereocenters. The summed E-state index contributed by atoms with van der Waals surface area (Å²) in [7, 11) is -3.15. The molecule has 2 heterocycles. The maximum absolute atomic E-state index is 12.1. The molecule has 1 amide bonds. The highest BCUT2D eigenvalue weighted by molar-refractivity contribution is 7.88. The second-order valence-corrected chi connectivity index (χ2v) is 11.8. The van der Waals surface area contributed by atoms with Gasteiger partial charge in [0.2, 0.25) is 10.0 Å². The first-order valence-corrected chi connectivity index (χ1v) is 14.3. The minimum atomic E-state index is -3.15. The zero-order chi connectivity index (χ0) is 24.0. The number of hydrogen-bond donors (Lipinski definition) is 0. The fourth-order valence-corrected chi connectivity index (χ4v) is 5.68. The summed E-state index contributed by atoms with van der Waals surface area (Å²) in [5.74, 6) is 0.669. The van der Waals surface area contributed by atoms with Crippen LogP contribution in [0.25, 0.3) is 0 Å². The van der Waals surface area contributed by atoms with Crippen molar-refractivity contribution in [3.05, 3.63) is 29.3 Å². The van der Waals surface area contributed by atoms with E-state index in [9.17, 15) is 13.2 Å². The van der Waals surface area contributed by atoms with Gasteiger partial charge in [0, 0.05) is 45.0 Å². The molecule has 2 aliphatic rings. The molecule has 1 aromatic rings. The molecule has 8 heteroatoms. The highest BCUT2D eigenvalue weighted by atomic mass is 32.2. The van der Waals surface area contributed by atoms with Crippen molar-refractivity contribution in [3.8, 4) is 0 Å². The summed E-state index contributed by atoms with van der Waals surface area (Å²) < 4.78 is 30.7. The minimum absolute atomic E-state index is 0.0676. The fourth-order valence-electron chi connectivity index (χ4n) is 4.88. The third kappa shape index (κ3) is 7.34. The molecule has 0 N–H and O–H groups in total. The molecule has 186 valence electrons. The summed E-state index contributed by atoms with van der Waals surface area (Å²) in [6.07, 6.45) is 7.33. The molecule has 3 rings (SSSR count). The summed E-state index contributed by atoms with van der Waals surface area (Å²) in [5.41, 5.74) is 3.64. The van der Waals surface area contributed by atoms with Gasteiger partial charge >= 0.3 is 6.09 Å². The fraction of sp³-hybridized carbons (Fsp3) is 0.720. The second kappa shape index (κ2) is 11.6. The zero-order valence-corrected chi connectivity index (χ0v) is 21.6. The van der Waals surface area contributed by atoms with Gasteiger partial charge in [0.15, 0.2) is 0 Å². The molecule has 0 radical (unpaired) electrons. The molecule has 0 saturated carbocycles. The minimum Gasteiger partial charge on any atom is -0.447 e. The predicted octanol–water partition coefficient (Wildman–Crippen LogP) is 4.26. The lowest BCUT2D eigenvalue weighted by molar-refractivity contribution is 0.0647. The van der Waals surface area contributed by atoms with E-state index in [-0.39, 0.29) is 12.2 Å². The van der Waals surface area contributed by atoms with E-state index in [1.807, 2.05) is 18.7 Å². The number of ether oxygens (including phenoxy) is 1. The number of hydrogen-bond acceptors (Lipinski definition) is 5. The van der Waals surface area contributed by atoms with Gasteiger partial charge in [-0.05, 0) is 81.5 Å². The second-order valence-electron chi connectivity index (χ2n) is 9.79.